The van der Waals surface area contributed by atoms with E-state index in [1.165, 1.54) is 4.90 Å². The maximum Gasteiger partial charge on any atom is 0.414 e. The smallest absolute Gasteiger partial charge is 0.414 e. The Labute approximate surface area is 132 Å². The summed E-state index contributed by atoms with van der Waals surface area (Å²) >= 11 is 1.60. The lowest BCUT2D eigenvalue weighted by atomic mass is 10.1. The Kier molecular flexibility index (Phi) is 4.06. The quantitative estimate of drug-likeness (QED) is 0.635. The number of carbonyl (C=O) groups excluding carboxylic acids is 2. The number of cyclic esters (lactones) is 1. The van der Waals surface area contributed by atoms with Gasteiger partial charge in [0.2, 0.25) is 0 Å². The number of rotatable bonds is 4. The van der Waals surface area contributed by atoms with Gasteiger partial charge < -0.3 is 4.74 Å². The van der Waals surface area contributed by atoms with E-state index in [0.717, 1.165) is 10.4 Å². The van der Waals surface area contributed by atoms with E-state index in [9.17, 15) is 9.59 Å². The molecule has 112 valence electrons. The zero-order valence-corrected chi connectivity index (χ0v) is 12.9. The fourth-order valence-electron chi connectivity index (χ4n) is 2.26. The van der Waals surface area contributed by atoms with Crippen LogP contribution < -0.4 is 4.90 Å². The summed E-state index contributed by atoms with van der Waals surface area (Å²) < 4.78 is 4.92. The molecule has 0 N–H and O–H groups in total. The summed E-state index contributed by atoms with van der Waals surface area (Å²) in [6.07, 6.45) is 3.04. The zero-order chi connectivity index (χ0) is 15.5. The monoisotopic (exact) mass is 313 g/mol. The topological polar surface area (TPSA) is 46.6 Å². The van der Waals surface area contributed by atoms with Gasteiger partial charge in [0.05, 0.1) is 6.54 Å². The molecule has 0 saturated carbocycles. The van der Waals surface area contributed by atoms with Crippen LogP contribution in [0.2, 0.25) is 0 Å². The minimum absolute atomic E-state index is 0.0813. The van der Waals surface area contributed by atoms with Crippen LogP contribution in [0, 0.1) is 6.92 Å². The first kappa shape index (κ1) is 14.5. The third kappa shape index (κ3) is 2.94. The van der Waals surface area contributed by atoms with E-state index < -0.39 is 0 Å². The molecule has 0 radical (unpaired) electrons. The largest absolute Gasteiger partial charge is 0.447 e. The summed E-state index contributed by atoms with van der Waals surface area (Å²) in [4.78, 5) is 26.5. The summed E-state index contributed by atoms with van der Waals surface area (Å²) in [6, 6.07) is 9.07. The van der Waals surface area contributed by atoms with Crippen LogP contribution >= 0.6 is 11.3 Å². The van der Waals surface area contributed by atoms with E-state index >= 15 is 0 Å². The maximum atomic E-state index is 12.3. The highest BCUT2D eigenvalue weighted by Crippen LogP contribution is 2.21. The summed E-state index contributed by atoms with van der Waals surface area (Å²) in [5.74, 6) is -0.0813. The molecular weight excluding hydrogens is 298 g/mol. The van der Waals surface area contributed by atoms with E-state index in [1.54, 1.807) is 41.7 Å². The molecule has 1 fully saturated rings. The molecule has 0 aliphatic carbocycles. The molecule has 2 heterocycles. The number of allylic oxidation sites excluding steroid dienone is 1. The molecule has 0 unspecified atom stereocenters. The second-order valence-electron chi connectivity index (χ2n) is 4.98. The van der Waals surface area contributed by atoms with Crippen LogP contribution in [0.3, 0.4) is 0 Å². The van der Waals surface area contributed by atoms with Gasteiger partial charge in [0.15, 0.2) is 5.78 Å². The number of nitrogens with zero attached hydrogens (tertiary/aromatic N) is 1. The number of benzene rings is 1. The summed E-state index contributed by atoms with van der Waals surface area (Å²) in [7, 11) is 0. The molecule has 5 heteroatoms. The predicted molar refractivity (Wildman–Crippen MR) is 87.6 cm³/mol. The molecule has 0 spiro atoms. The van der Waals surface area contributed by atoms with Gasteiger partial charge in [0.25, 0.3) is 0 Å². The Balaban J connectivity index is 1.80. The third-order valence-electron chi connectivity index (χ3n) is 3.49. The Hall–Kier alpha value is -2.40. The molecule has 0 atom stereocenters. The first-order valence-electron chi connectivity index (χ1n) is 6.96. The molecule has 3 rings (SSSR count). The first-order valence-corrected chi connectivity index (χ1v) is 7.84. The van der Waals surface area contributed by atoms with Crippen molar-refractivity contribution in [3.05, 3.63) is 57.8 Å². The number of amides is 1. The van der Waals surface area contributed by atoms with Crippen molar-refractivity contribution in [3.8, 4) is 0 Å². The first-order chi connectivity index (χ1) is 10.6. The lowest BCUT2D eigenvalue weighted by molar-refractivity contribution is 0.104. The molecule has 4 nitrogen and oxygen atoms in total. The Bertz CT molecular complexity index is 748. The van der Waals surface area contributed by atoms with Crippen molar-refractivity contribution in [1.82, 2.24) is 0 Å². The molecule has 0 bridgehead atoms. The van der Waals surface area contributed by atoms with Gasteiger partial charge in [-0.15, -0.1) is 11.3 Å². The second kappa shape index (κ2) is 6.15. The molecule has 1 aromatic heterocycles. The van der Waals surface area contributed by atoms with Crippen LogP contribution in [0.15, 0.2) is 41.8 Å². The SMILES string of the molecule is Cc1ccsc1C=CC(=O)c1cccc(N2CCOC2=O)c1. The van der Waals surface area contributed by atoms with Crippen LogP contribution in [0.5, 0.6) is 0 Å². The lowest BCUT2D eigenvalue weighted by Gasteiger charge is -2.13. The van der Waals surface area contributed by atoms with Crippen molar-refractivity contribution in [3.63, 3.8) is 0 Å². The molecule has 2 aromatic rings. The number of ketones is 1. The maximum absolute atomic E-state index is 12.3. The van der Waals surface area contributed by atoms with Crippen molar-refractivity contribution >= 4 is 35.0 Å². The molecule has 1 amide bonds. The van der Waals surface area contributed by atoms with Gasteiger partial charge in [-0.05, 0) is 48.2 Å². The van der Waals surface area contributed by atoms with Gasteiger partial charge in [-0.1, -0.05) is 12.1 Å². The lowest BCUT2D eigenvalue weighted by Crippen LogP contribution is -2.23. The zero-order valence-electron chi connectivity index (χ0n) is 12.1. The number of anilines is 1. The minimum atomic E-state index is -0.366. The third-order valence-corrected chi connectivity index (χ3v) is 4.48. The molecular formula is C17H15NO3S. The van der Waals surface area contributed by atoms with Gasteiger partial charge in [-0.25, -0.2) is 4.79 Å². The van der Waals surface area contributed by atoms with E-state index in [4.69, 9.17) is 4.74 Å². The van der Waals surface area contributed by atoms with E-state index in [-0.39, 0.29) is 11.9 Å². The summed E-state index contributed by atoms with van der Waals surface area (Å²) in [5.41, 5.74) is 2.40. The number of hydrogen-bond acceptors (Lipinski definition) is 4. The summed E-state index contributed by atoms with van der Waals surface area (Å²) in [6.45, 7) is 2.91. The van der Waals surface area contributed by atoms with Crippen molar-refractivity contribution in [2.45, 2.75) is 6.92 Å². The number of ether oxygens (including phenoxy) is 1. The highest BCUT2D eigenvalue weighted by atomic mass is 32.1. The fourth-order valence-corrected chi connectivity index (χ4v) is 3.08. The Morgan fingerprint density at radius 1 is 1.36 bits per heavy atom. The highest BCUT2D eigenvalue weighted by molar-refractivity contribution is 7.11. The van der Waals surface area contributed by atoms with Crippen molar-refractivity contribution in [1.29, 1.82) is 0 Å². The van der Waals surface area contributed by atoms with Gasteiger partial charge >= 0.3 is 6.09 Å². The molecule has 1 saturated heterocycles. The van der Waals surface area contributed by atoms with Crippen LogP contribution in [0.1, 0.15) is 20.8 Å². The van der Waals surface area contributed by atoms with E-state index in [1.807, 2.05) is 24.4 Å². The standard InChI is InChI=1S/C17H15NO3S/c1-12-7-10-22-16(12)6-5-15(19)13-3-2-4-14(11-13)18-8-9-21-17(18)20/h2-7,10-11H,8-9H2,1H3. The Morgan fingerprint density at radius 2 is 2.23 bits per heavy atom. The van der Waals surface area contributed by atoms with E-state index in [2.05, 4.69) is 0 Å². The van der Waals surface area contributed by atoms with Gasteiger partial charge in [-0.3, -0.25) is 9.69 Å². The molecule has 1 aliphatic rings. The molecule has 1 aromatic carbocycles. The average molecular weight is 313 g/mol. The molecule has 1 aliphatic heterocycles. The van der Waals surface area contributed by atoms with Crippen molar-refractivity contribution in [2.75, 3.05) is 18.1 Å². The number of carbonyl (C=O) groups is 2. The number of aryl methyl sites for hydroxylation is 1. The van der Waals surface area contributed by atoms with Gasteiger partial charge in [0, 0.05) is 16.1 Å². The van der Waals surface area contributed by atoms with Crippen LogP contribution in [-0.4, -0.2) is 25.0 Å². The minimum Gasteiger partial charge on any atom is -0.447 e. The van der Waals surface area contributed by atoms with Gasteiger partial charge in [-0.2, -0.15) is 0 Å². The fraction of sp³-hybridized carbons (Fsp3) is 0.176. The summed E-state index contributed by atoms with van der Waals surface area (Å²) in [5, 5.41) is 2.00. The van der Waals surface area contributed by atoms with Crippen molar-refractivity contribution in [2.24, 2.45) is 0 Å². The van der Waals surface area contributed by atoms with Crippen molar-refractivity contribution < 1.29 is 14.3 Å². The van der Waals surface area contributed by atoms with Crippen LogP contribution in [0.4, 0.5) is 10.5 Å². The predicted octanol–water partition coefficient (Wildman–Crippen LogP) is 3.91. The molecule has 22 heavy (non-hydrogen) atoms. The van der Waals surface area contributed by atoms with Crippen LogP contribution in [0.25, 0.3) is 6.08 Å². The number of thiophene rings is 1. The average Bonchev–Trinajstić information content (AvgIpc) is 3.13. The highest BCUT2D eigenvalue weighted by Gasteiger charge is 2.23. The Morgan fingerprint density at radius 3 is 2.91 bits per heavy atom. The second-order valence-corrected chi connectivity index (χ2v) is 5.93. The van der Waals surface area contributed by atoms with E-state index in [0.29, 0.717) is 24.4 Å². The van der Waals surface area contributed by atoms with Crippen LogP contribution in [-0.2, 0) is 4.74 Å². The van der Waals surface area contributed by atoms with Gasteiger partial charge in [0.1, 0.15) is 6.61 Å². The number of hydrogen-bond donors (Lipinski definition) is 0. The normalized spacial score (nSPS) is 14.6.